The number of halogens is 1. The zero-order valence-corrected chi connectivity index (χ0v) is 14.2. The highest BCUT2D eigenvalue weighted by Crippen LogP contribution is 2.28. The van der Waals surface area contributed by atoms with Gasteiger partial charge in [0.2, 0.25) is 0 Å². The number of allylic oxidation sites excluding steroid dienone is 2. The number of rotatable bonds is 5. The van der Waals surface area contributed by atoms with Gasteiger partial charge in [-0.2, -0.15) is 0 Å². The maximum atomic E-state index is 13.2. The quantitative estimate of drug-likeness (QED) is 0.343. The minimum absolute atomic E-state index is 0.0829. The molecular formula is C19H18FNOS. The first-order valence-corrected chi connectivity index (χ1v) is 8.37. The van der Waals surface area contributed by atoms with E-state index in [9.17, 15) is 9.18 Å². The topological polar surface area (TPSA) is 29.4 Å². The number of carbonyl (C=O) groups is 1. The Morgan fingerprint density at radius 3 is 2.09 bits per heavy atom. The van der Waals surface area contributed by atoms with Crippen LogP contribution in [0.25, 0.3) is 11.1 Å². The van der Waals surface area contributed by atoms with Crippen LogP contribution in [0.2, 0.25) is 0 Å². The standard InChI is InChI=1S/C19H18FNOS/c1-13(22)19(15-4-8-16(20)9-5-15)18(12-21-2)14-6-10-17(23-3)11-7-14/h4-12H,1-3H3/b19-18-,21-12?. The molecule has 0 radical (unpaired) electrons. The molecule has 4 heteroatoms. The van der Waals surface area contributed by atoms with Crippen LogP contribution >= 0.6 is 11.8 Å². The predicted octanol–water partition coefficient (Wildman–Crippen LogP) is 4.75. The second-order valence-corrected chi connectivity index (χ2v) is 5.85. The van der Waals surface area contributed by atoms with E-state index in [1.807, 2.05) is 30.5 Å². The minimum Gasteiger partial charge on any atom is -0.296 e. The first-order valence-electron chi connectivity index (χ1n) is 7.14. The fraction of sp³-hybridized carbons (Fsp3) is 0.158. The summed E-state index contributed by atoms with van der Waals surface area (Å²) in [6.07, 6.45) is 3.69. The van der Waals surface area contributed by atoms with Crippen molar-refractivity contribution in [2.45, 2.75) is 11.8 Å². The van der Waals surface area contributed by atoms with Crippen LogP contribution in [0.4, 0.5) is 4.39 Å². The summed E-state index contributed by atoms with van der Waals surface area (Å²) < 4.78 is 13.2. The van der Waals surface area contributed by atoms with Crippen LogP contribution in [0.5, 0.6) is 0 Å². The van der Waals surface area contributed by atoms with Crippen LogP contribution in [-0.4, -0.2) is 25.3 Å². The van der Waals surface area contributed by atoms with Crippen LogP contribution in [0.15, 0.2) is 58.4 Å². The molecule has 2 aromatic carbocycles. The van der Waals surface area contributed by atoms with Gasteiger partial charge in [0.1, 0.15) is 5.82 Å². The largest absolute Gasteiger partial charge is 0.296 e. The van der Waals surface area contributed by atoms with E-state index in [1.165, 1.54) is 19.1 Å². The third kappa shape index (κ3) is 4.17. The Balaban J connectivity index is 2.66. The number of nitrogens with zero attached hydrogens (tertiary/aromatic N) is 1. The van der Waals surface area contributed by atoms with E-state index in [4.69, 9.17) is 0 Å². The summed E-state index contributed by atoms with van der Waals surface area (Å²) in [5.41, 5.74) is 2.86. The van der Waals surface area contributed by atoms with Gasteiger partial charge in [0.25, 0.3) is 0 Å². The first kappa shape index (κ1) is 17.2. The van der Waals surface area contributed by atoms with E-state index < -0.39 is 0 Å². The van der Waals surface area contributed by atoms with Crippen molar-refractivity contribution in [3.8, 4) is 0 Å². The highest BCUT2D eigenvalue weighted by molar-refractivity contribution is 7.98. The van der Waals surface area contributed by atoms with Crippen molar-refractivity contribution in [1.29, 1.82) is 0 Å². The highest BCUT2D eigenvalue weighted by atomic mass is 32.2. The summed E-state index contributed by atoms with van der Waals surface area (Å²) in [6.45, 7) is 1.51. The van der Waals surface area contributed by atoms with Crippen molar-refractivity contribution in [2.24, 2.45) is 4.99 Å². The predicted molar refractivity (Wildman–Crippen MR) is 96.5 cm³/mol. The third-order valence-electron chi connectivity index (χ3n) is 3.41. The van der Waals surface area contributed by atoms with Crippen molar-refractivity contribution in [2.75, 3.05) is 13.3 Å². The molecule has 0 fully saturated rings. The van der Waals surface area contributed by atoms with E-state index >= 15 is 0 Å². The van der Waals surface area contributed by atoms with Gasteiger partial charge in [-0.25, -0.2) is 4.39 Å². The average Bonchev–Trinajstić information content (AvgIpc) is 2.56. The Bertz CT molecular complexity index is 746. The molecule has 0 spiro atoms. The number of carbonyl (C=O) groups excluding carboxylic acids is 1. The van der Waals surface area contributed by atoms with Gasteiger partial charge in [-0.3, -0.25) is 9.79 Å². The fourth-order valence-corrected chi connectivity index (χ4v) is 2.76. The molecule has 2 nitrogen and oxygen atoms in total. The Hall–Kier alpha value is -2.20. The van der Waals surface area contributed by atoms with Gasteiger partial charge in [-0.1, -0.05) is 24.3 Å². The molecular weight excluding hydrogens is 309 g/mol. The molecule has 0 unspecified atom stereocenters. The molecule has 0 heterocycles. The van der Waals surface area contributed by atoms with Crippen LogP contribution in [0.1, 0.15) is 18.1 Å². The van der Waals surface area contributed by atoms with Crippen molar-refractivity contribution in [1.82, 2.24) is 0 Å². The number of aliphatic imine (C=N–C) groups is 1. The SMILES string of the molecule is CN=C/C(=C(\C(C)=O)c1ccc(F)cc1)c1ccc(SC)cc1. The van der Waals surface area contributed by atoms with Crippen molar-refractivity contribution in [3.63, 3.8) is 0 Å². The maximum absolute atomic E-state index is 13.2. The lowest BCUT2D eigenvalue weighted by molar-refractivity contribution is -0.111. The van der Waals surface area contributed by atoms with Gasteiger partial charge in [0, 0.05) is 29.3 Å². The lowest BCUT2D eigenvalue weighted by Crippen LogP contribution is -2.02. The molecule has 0 aromatic heterocycles. The first-order chi connectivity index (χ1) is 11.1. The summed E-state index contributed by atoms with van der Waals surface area (Å²) in [5, 5.41) is 0. The fourth-order valence-electron chi connectivity index (χ4n) is 2.35. The molecule has 0 aliphatic heterocycles. The summed E-state index contributed by atoms with van der Waals surface area (Å²) in [6, 6.07) is 13.9. The van der Waals surface area contributed by atoms with Gasteiger partial charge < -0.3 is 0 Å². The van der Waals surface area contributed by atoms with Gasteiger partial charge >= 0.3 is 0 Å². The van der Waals surface area contributed by atoms with E-state index in [0.717, 1.165) is 16.0 Å². The minimum atomic E-state index is -0.327. The van der Waals surface area contributed by atoms with E-state index in [0.29, 0.717) is 11.1 Å². The van der Waals surface area contributed by atoms with Crippen LogP contribution < -0.4 is 0 Å². The monoisotopic (exact) mass is 327 g/mol. The zero-order valence-electron chi connectivity index (χ0n) is 13.3. The van der Waals surface area contributed by atoms with Gasteiger partial charge in [0.05, 0.1) is 0 Å². The maximum Gasteiger partial charge on any atom is 0.161 e. The molecule has 0 amide bonds. The molecule has 2 rings (SSSR count). The number of thioether (sulfide) groups is 1. The Labute approximate surface area is 140 Å². The normalized spacial score (nSPS) is 12.3. The molecule has 0 aliphatic carbocycles. The van der Waals surface area contributed by atoms with Crippen LogP contribution in [0.3, 0.4) is 0 Å². The highest BCUT2D eigenvalue weighted by Gasteiger charge is 2.15. The molecule has 118 valence electrons. The van der Waals surface area contributed by atoms with Crippen LogP contribution in [0, 0.1) is 5.82 Å². The van der Waals surface area contributed by atoms with Crippen molar-refractivity contribution >= 4 is 34.9 Å². The lowest BCUT2D eigenvalue weighted by Gasteiger charge is -2.11. The average molecular weight is 327 g/mol. The lowest BCUT2D eigenvalue weighted by atomic mass is 9.93. The third-order valence-corrected chi connectivity index (χ3v) is 4.16. The molecule has 2 aromatic rings. The summed E-state index contributed by atoms with van der Waals surface area (Å²) in [5.74, 6) is -0.410. The second kappa shape index (κ2) is 7.88. The molecule has 0 bridgehead atoms. The van der Waals surface area contributed by atoms with Crippen molar-refractivity contribution in [3.05, 3.63) is 65.5 Å². The Morgan fingerprint density at radius 1 is 1.04 bits per heavy atom. The van der Waals surface area contributed by atoms with E-state index in [1.54, 1.807) is 37.2 Å². The van der Waals surface area contributed by atoms with Crippen molar-refractivity contribution < 1.29 is 9.18 Å². The van der Waals surface area contributed by atoms with Gasteiger partial charge in [0.15, 0.2) is 5.78 Å². The molecule has 0 N–H and O–H groups in total. The number of benzene rings is 2. The van der Waals surface area contributed by atoms with Crippen LogP contribution in [-0.2, 0) is 4.79 Å². The smallest absolute Gasteiger partial charge is 0.161 e. The number of hydrogen-bond acceptors (Lipinski definition) is 3. The van der Waals surface area contributed by atoms with Gasteiger partial charge in [-0.15, -0.1) is 11.8 Å². The Morgan fingerprint density at radius 2 is 1.61 bits per heavy atom. The summed E-state index contributed by atoms with van der Waals surface area (Å²) in [4.78, 5) is 17.5. The van der Waals surface area contributed by atoms with E-state index in [-0.39, 0.29) is 11.6 Å². The molecule has 0 aliphatic rings. The number of hydrogen-bond donors (Lipinski definition) is 0. The molecule has 0 saturated heterocycles. The zero-order chi connectivity index (χ0) is 16.8. The molecule has 0 atom stereocenters. The van der Waals surface area contributed by atoms with Gasteiger partial charge in [-0.05, 0) is 48.6 Å². The summed E-state index contributed by atoms with van der Waals surface area (Å²) >= 11 is 1.66. The Kier molecular flexibility index (Phi) is 5.88. The second-order valence-electron chi connectivity index (χ2n) is 4.97. The number of ketones is 1. The number of Topliss-reactive ketones (excluding diaryl/α,β-unsaturated/α-hetero) is 1. The molecule has 0 saturated carbocycles. The summed E-state index contributed by atoms with van der Waals surface area (Å²) in [7, 11) is 1.67. The van der Waals surface area contributed by atoms with E-state index in [2.05, 4.69) is 4.99 Å². The molecule has 23 heavy (non-hydrogen) atoms.